The maximum absolute atomic E-state index is 13.8. The zero-order chi connectivity index (χ0) is 20.2. The summed E-state index contributed by atoms with van der Waals surface area (Å²) in [5.41, 5.74) is 1.65. The van der Waals surface area contributed by atoms with Crippen LogP contribution in [0.5, 0.6) is 0 Å². The Morgan fingerprint density at radius 1 is 0.897 bits per heavy atom. The number of aryl methyl sites for hydroxylation is 1. The summed E-state index contributed by atoms with van der Waals surface area (Å²) in [6.07, 6.45) is 2.84. The molecule has 0 atom stereocenters. The topological polar surface area (TPSA) is 45.6 Å². The Kier molecular flexibility index (Phi) is 4.60. The molecule has 0 N–H and O–H groups in total. The predicted octanol–water partition coefficient (Wildman–Crippen LogP) is 3.53. The van der Waals surface area contributed by atoms with Crippen molar-refractivity contribution in [3.05, 3.63) is 48.0 Å². The second-order valence-corrected chi connectivity index (χ2v) is 9.95. The molecule has 5 nitrogen and oxygen atoms in total. The van der Waals surface area contributed by atoms with Crippen LogP contribution in [0.4, 0.5) is 8.78 Å². The van der Waals surface area contributed by atoms with E-state index in [0.29, 0.717) is 42.9 Å². The molecule has 154 valence electrons. The lowest BCUT2D eigenvalue weighted by Crippen LogP contribution is -2.50. The third-order valence-corrected chi connectivity index (χ3v) is 7.81. The Balaban J connectivity index is 1.36. The summed E-state index contributed by atoms with van der Waals surface area (Å²) in [7, 11) is -3.26. The van der Waals surface area contributed by atoms with Crippen molar-refractivity contribution < 1.29 is 17.2 Å². The summed E-state index contributed by atoms with van der Waals surface area (Å²) in [5, 5.41) is 1.34. The monoisotopic (exact) mass is 419 g/mol. The van der Waals surface area contributed by atoms with E-state index >= 15 is 0 Å². The number of hydrogen-bond acceptors (Lipinski definition) is 3. The molecule has 1 saturated heterocycles. The fourth-order valence-electron chi connectivity index (χ4n) is 4.41. The van der Waals surface area contributed by atoms with Crippen molar-refractivity contribution in [1.29, 1.82) is 0 Å². The lowest BCUT2D eigenvalue weighted by molar-refractivity contribution is 0.234. The number of fused-ring (bicyclic) bond motifs is 3. The van der Waals surface area contributed by atoms with Crippen molar-refractivity contribution in [2.75, 3.05) is 25.5 Å². The van der Waals surface area contributed by atoms with E-state index in [1.165, 1.54) is 24.3 Å². The Labute approximate surface area is 168 Å². The fourth-order valence-corrected chi connectivity index (χ4v) is 6.10. The Morgan fingerprint density at radius 3 is 2.07 bits per heavy atom. The van der Waals surface area contributed by atoms with Gasteiger partial charge in [-0.05, 0) is 55.7 Å². The fraction of sp³-hybridized carbons (Fsp3) is 0.429. The van der Waals surface area contributed by atoms with E-state index in [0.717, 1.165) is 30.4 Å². The van der Waals surface area contributed by atoms with Crippen LogP contribution in [-0.2, 0) is 16.6 Å². The van der Waals surface area contributed by atoms with Crippen LogP contribution in [0, 0.1) is 11.6 Å². The quantitative estimate of drug-likeness (QED) is 0.636. The van der Waals surface area contributed by atoms with Crippen LogP contribution in [0.25, 0.3) is 21.8 Å². The molecule has 1 aromatic heterocycles. The van der Waals surface area contributed by atoms with Gasteiger partial charge < -0.3 is 4.57 Å². The first-order chi connectivity index (χ1) is 13.9. The summed E-state index contributed by atoms with van der Waals surface area (Å²) >= 11 is 0. The molecule has 2 fully saturated rings. The summed E-state index contributed by atoms with van der Waals surface area (Å²) in [5.74, 6) is -0.605. The van der Waals surface area contributed by atoms with Gasteiger partial charge in [0.25, 0.3) is 0 Å². The lowest BCUT2D eigenvalue weighted by atomic mass is 10.1. The third-order valence-electron chi connectivity index (χ3n) is 6.00. The van der Waals surface area contributed by atoms with Crippen LogP contribution >= 0.6 is 0 Å². The number of sulfonamides is 1. The zero-order valence-electron chi connectivity index (χ0n) is 16.0. The molecule has 3 aromatic rings. The normalized spacial score (nSPS) is 20.6. The molecule has 0 radical (unpaired) electrons. The molecule has 29 heavy (non-hydrogen) atoms. The molecule has 0 bridgehead atoms. The Bertz CT molecular complexity index is 1130. The van der Waals surface area contributed by atoms with Crippen molar-refractivity contribution in [1.82, 2.24) is 13.8 Å². The smallest absolute Gasteiger partial charge is 0.227 e. The van der Waals surface area contributed by atoms with E-state index in [2.05, 4.69) is 4.90 Å². The van der Waals surface area contributed by atoms with Gasteiger partial charge >= 0.3 is 0 Å². The van der Waals surface area contributed by atoms with Gasteiger partial charge in [0.1, 0.15) is 17.5 Å². The van der Waals surface area contributed by atoms with Crippen LogP contribution < -0.4 is 0 Å². The van der Waals surface area contributed by atoms with Crippen LogP contribution in [0.3, 0.4) is 0 Å². The van der Waals surface area contributed by atoms with E-state index in [1.807, 2.05) is 4.57 Å². The highest BCUT2D eigenvalue weighted by molar-refractivity contribution is 7.89. The van der Waals surface area contributed by atoms with Gasteiger partial charge in [0.05, 0.1) is 0 Å². The van der Waals surface area contributed by atoms with Crippen molar-refractivity contribution in [2.24, 2.45) is 0 Å². The number of hydrogen-bond donors (Lipinski definition) is 0. The molecule has 5 rings (SSSR count). The Hall–Kier alpha value is -2.03. The maximum atomic E-state index is 13.8. The van der Waals surface area contributed by atoms with Crippen LogP contribution in [0.2, 0.25) is 0 Å². The van der Waals surface area contributed by atoms with Gasteiger partial charge in [-0.25, -0.2) is 17.2 Å². The minimum Gasteiger partial charge on any atom is -0.340 e. The number of halogens is 2. The molecule has 1 aliphatic carbocycles. The number of rotatable bonds is 5. The molecule has 0 unspecified atom stereocenters. The highest BCUT2D eigenvalue weighted by atomic mass is 32.2. The minimum absolute atomic E-state index is 0.117. The van der Waals surface area contributed by atoms with Crippen molar-refractivity contribution in [3.8, 4) is 0 Å². The molecule has 0 spiro atoms. The van der Waals surface area contributed by atoms with E-state index in [4.69, 9.17) is 0 Å². The van der Waals surface area contributed by atoms with Gasteiger partial charge in [0.2, 0.25) is 10.0 Å². The number of benzene rings is 2. The van der Waals surface area contributed by atoms with E-state index < -0.39 is 10.0 Å². The molecule has 1 aliphatic heterocycles. The predicted molar refractivity (Wildman–Crippen MR) is 109 cm³/mol. The molecule has 0 amide bonds. The van der Waals surface area contributed by atoms with Gasteiger partial charge in [0, 0.05) is 54.0 Å². The minimum atomic E-state index is -3.26. The second-order valence-electron chi connectivity index (χ2n) is 8.01. The van der Waals surface area contributed by atoms with E-state index in [-0.39, 0.29) is 17.5 Å². The van der Waals surface area contributed by atoms with Gasteiger partial charge in [-0.2, -0.15) is 4.31 Å². The first-order valence-electron chi connectivity index (χ1n) is 10.0. The van der Waals surface area contributed by atoms with Gasteiger partial charge in [-0.1, -0.05) is 0 Å². The summed E-state index contributed by atoms with van der Waals surface area (Å²) in [4.78, 5) is 2.07. The van der Waals surface area contributed by atoms with Crippen molar-refractivity contribution >= 4 is 31.8 Å². The SMILES string of the molecule is O=S1(=O)CN(C2CC2)CCN1CCCn1c2ccc(F)cc2c2cc(F)ccc21. The van der Waals surface area contributed by atoms with E-state index in [9.17, 15) is 17.2 Å². The molecule has 2 aromatic carbocycles. The third kappa shape index (κ3) is 3.53. The van der Waals surface area contributed by atoms with Gasteiger partial charge in [0.15, 0.2) is 0 Å². The highest BCUT2D eigenvalue weighted by Crippen LogP contribution is 2.31. The van der Waals surface area contributed by atoms with Crippen molar-refractivity contribution in [3.63, 3.8) is 0 Å². The molecule has 1 saturated carbocycles. The highest BCUT2D eigenvalue weighted by Gasteiger charge is 2.37. The summed E-state index contributed by atoms with van der Waals surface area (Å²) in [6.45, 7) is 2.35. The number of nitrogens with zero attached hydrogens (tertiary/aromatic N) is 3. The first kappa shape index (κ1) is 19.0. The Morgan fingerprint density at radius 2 is 1.52 bits per heavy atom. The van der Waals surface area contributed by atoms with Crippen molar-refractivity contribution in [2.45, 2.75) is 31.8 Å². The first-order valence-corrected chi connectivity index (χ1v) is 11.6. The maximum Gasteiger partial charge on any atom is 0.227 e. The molecule has 2 aliphatic rings. The van der Waals surface area contributed by atoms with Crippen LogP contribution in [0.1, 0.15) is 19.3 Å². The average molecular weight is 419 g/mol. The van der Waals surface area contributed by atoms with Gasteiger partial charge in [-0.3, -0.25) is 4.90 Å². The standard InChI is InChI=1S/C21H23F2N3O2S/c22-15-2-6-20-18(12-15)19-13-16(23)3-7-21(19)26(20)9-1-8-25-11-10-24(17-4-5-17)14-29(25,27)28/h2-3,6-7,12-13,17H,1,4-5,8-11,14H2. The second kappa shape index (κ2) is 7.04. The van der Waals surface area contributed by atoms with Crippen LogP contribution in [-0.4, -0.2) is 53.7 Å². The van der Waals surface area contributed by atoms with Gasteiger partial charge in [-0.15, -0.1) is 0 Å². The zero-order valence-corrected chi connectivity index (χ0v) is 16.8. The van der Waals surface area contributed by atoms with E-state index in [1.54, 1.807) is 16.4 Å². The molecular weight excluding hydrogens is 396 g/mol. The molecular formula is C21H23F2N3O2S. The summed E-state index contributed by atoms with van der Waals surface area (Å²) < 4.78 is 56.4. The molecule has 2 heterocycles. The van der Waals surface area contributed by atoms with Crippen LogP contribution in [0.15, 0.2) is 36.4 Å². The molecule has 8 heteroatoms. The largest absolute Gasteiger partial charge is 0.340 e. The average Bonchev–Trinajstić information content (AvgIpc) is 3.48. The lowest BCUT2D eigenvalue weighted by Gasteiger charge is -2.34. The number of aromatic nitrogens is 1. The summed E-state index contributed by atoms with van der Waals surface area (Å²) in [6, 6.07) is 9.50.